The van der Waals surface area contributed by atoms with Crippen LogP contribution in [-0.2, 0) is 6.54 Å². The van der Waals surface area contributed by atoms with Gasteiger partial charge < -0.3 is 15.5 Å². The number of anilines is 2. The third-order valence-electron chi connectivity index (χ3n) is 5.95. The van der Waals surface area contributed by atoms with E-state index in [1.54, 1.807) is 6.07 Å². The summed E-state index contributed by atoms with van der Waals surface area (Å²) in [5, 5.41) is 8.07. The Balaban J connectivity index is 0.00000289. The molecule has 0 atom stereocenters. The van der Waals surface area contributed by atoms with Gasteiger partial charge in [0.15, 0.2) is 0 Å². The summed E-state index contributed by atoms with van der Waals surface area (Å²) in [7, 11) is 4.03. The molecule has 7 heteroatoms. The van der Waals surface area contributed by atoms with Crippen molar-refractivity contribution in [1.82, 2.24) is 15.3 Å². The van der Waals surface area contributed by atoms with Gasteiger partial charge in [0, 0.05) is 41.2 Å². The van der Waals surface area contributed by atoms with Crippen molar-refractivity contribution >= 4 is 45.3 Å². The van der Waals surface area contributed by atoms with Crippen LogP contribution >= 0.6 is 22.6 Å². The Morgan fingerprint density at radius 1 is 1.06 bits per heavy atom. The third-order valence-corrected chi connectivity index (χ3v) is 6.62. The maximum Gasteiger partial charge on any atom is 0.225 e. The molecule has 1 fully saturated rings. The standard InChI is InChI=1S/C24H29FIN5.CH4/c1-31(2)23-20-5-3-4-6-22(20)29-24(30-23)28-19-11-7-16(8-12-19)14-27-15-17-9-10-18(26)13-21(17)25;/h3-6,9-10,13,16,19,27H,7-8,11-12,14-15H2,1-2H3,(H,28,29,30);1H4. The lowest BCUT2D eigenvalue weighted by molar-refractivity contribution is 0.323. The number of aromatic nitrogens is 2. The maximum absolute atomic E-state index is 14.0. The molecule has 1 saturated carbocycles. The predicted octanol–water partition coefficient (Wildman–Crippen LogP) is 5.84. The minimum absolute atomic E-state index is 0. The first-order chi connectivity index (χ1) is 15.0. The number of hydrogen-bond acceptors (Lipinski definition) is 5. The molecule has 1 aliphatic rings. The van der Waals surface area contributed by atoms with Crippen LogP contribution in [0.5, 0.6) is 0 Å². The van der Waals surface area contributed by atoms with Crippen LogP contribution in [0.15, 0.2) is 42.5 Å². The first-order valence-electron chi connectivity index (χ1n) is 10.8. The summed E-state index contributed by atoms with van der Waals surface area (Å²) in [6.07, 6.45) is 4.48. The van der Waals surface area contributed by atoms with E-state index in [0.717, 1.165) is 58.1 Å². The largest absolute Gasteiger partial charge is 0.362 e. The van der Waals surface area contributed by atoms with Crippen LogP contribution in [0, 0.1) is 15.3 Å². The van der Waals surface area contributed by atoms with Gasteiger partial charge in [0.2, 0.25) is 5.95 Å². The average Bonchev–Trinajstić information content (AvgIpc) is 2.76. The summed E-state index contributed by atoms with van der Waals surface area (Å²) in [6.45, 7) is 1.51. The molecule has 0 spiro atoms. The first kappa shape index (κ1) is 24.6. The molecule has 3 aromatic rings. The number of halogens is 2. The molecule has 0 unspecified atom stereocenters. The summed E-state index contributed by atoms with van der Waals surface area (Å²) in [5.41, 5.74) is 1.70. The van der Waals surface area contributed by atoms with Gasteiger partial charge in [0.05, 0.1) is 5.52 Å². The van der Waals surface area contributed by atoms with E-state index in [2.05, 4.69) is 39.3 Å². The van der Waals surface area contributed by atoms with Crippen LogP contribution in [0.2, 0.25) is 0 Å². The lowest BCUT2D eigenvalue weighted by atomic mass is 9.86. The summed E-state index contributed by atoms with van der Waals surface area (Å²) in [5.74, 6) is 2.14. The molecule has 0 aliphatic heterocycles. The molecule has 0 saturated heterocycles. The van der Waals surface area contributed by atoms with Crippen molar-refractivity contribution in [3.63, 3.8) is 0 Å². The Bertz CT molecular complexity index is 1030. The number of benzene rings is 2. The van der Waals surface area contributed by atoms with E-state index in [4.69, 9.17) is 9.97 Å². The van der Waals surface area contributed by atoms with Crippen LogP contribution in [-0.4, -0.2) is 36.6 Å². The molecule has 2 aromatic carbocycles. The minimum atomic E-state index is -0.125. The highest BCUT2D eigenvalue weighted by molar-refractivity contribution is 14.1. The van der Waals surface area contributed by atoms with E-state index >= 15 is 0 Å². The molecule has 1 aromatic heterocycles. The lowest BCUT2D eigenvalue weighted by Gasteiger charge is -2.29. The highest BCUT2D eigenvalue weighted by Crippen LogP contribution is 2.28. The predicted molar refractivity (Wildman–Crippen MR) is 141 cm³/mol. The maximum atomic E-state index is 14.0. The molecule has 1 aliphatic carbocycles. The van der Waals surface area contributed by atoms with Gasteiger partial charge >= 0.3 is 0 Å². The average molecular weight is 549 g/mol. The number of fused-ring (bicyclic) bond motifs is 1. The molecule has 0 radical (unpaired) electrons. The second-order valence-electron chi connectivity index (χ2n) is 8.51. The highest BCUT2D eigenvalue weighted by atomic mass is 127. The number of rotatable bonds is 7. The lowest BCUT2D eigenvalue weighted by Crippen LogP contribution is -2.31. The van der Waals surface area contributed by atoms with E-state index in [9.17, 15) is 4.39 Å². The molecule has 0 amide bonds. The Labute approximate surface area is 204 Å². The van der Waals surface area contributed by atoms with Crippen molar-refractivity contribution < 1.29 is 4.39 Å². The Morgan fingerprint density at radius 3 is 2.53 bits per heavy atom. The summed E-state index contributed by atoms with van der Waals surface area (Å²) < 4.78 is 14.9. The van der Waals surface area contributed by atoms with E-state index in [-0.39, 0.29) is 13.2 Å². The molecule has 5 nitrogen and oxygen atoms in total. The first-order valence-corrected chi connectivity index (χ1v) is 11.9. The van der Waals surface area contributed by atoms with E-state index in [0.29, 0.717) is 24.5 Å². The zero-order valence-corrected chi connectivity index (χ0v) is 20.2. The Kier molecular flexibility index (Phi) is 8.64. The fraction of sp³-hybridized carbons (Fsp3) is 0.440. The van der Waals surface area contributed by atoms with Gasteiger partial charge in [-0.15, -0.1) is 0 Å². The molecule has 172 valence electrons. The van der Waals surface area contributed by atoms with Crippen molar-refractivity contribution in [2.45, 2.75) is 45.7 Å². The van der Waals surface area contributed by atoms with Gasteiger partial charge in [0.1, 0.15) is 11.6 Å². The fourth-order valence-electron chi connectivity index (χ4n) is 4.23. The molecule has 0 bridgehead atoms. The zero-order valence-electron chi connectivity index (χ0n) is 18.0. The summed E-state index contributed by atoms with van der Waals surface area (Å²) >= 11 is 2.14. The SMILES string of the molecule is C.CN(C)c1nc(NC2CCC(CNCc3ccc(I)cc3F)CC2)nc2ccccc12. The fourth-order valence-corrected chi connectivity index (χ4v) is 4.69. The van der Waals surface area contributed by atoms with Crippen molar-refractivity contribution in [2.24, 2.45) is 5.92 Å². The molecular weight excluding hydrogens is 516 g/mol. The van der Waals surface area contributed by atoms with Crippen LogP contribution in [0.25, 0.3) is 10.9 Å². The van der Waals surface area contributed by atoms with Gasteiger partial charge in [-0.05, 0) is 85.0 Å². The zero-order chi connectivity index (χ0) is 21.8. The van der Waals surface area contributed by atoms with Gasteiger partial charge in [-0.3, -0.25) is 0 Å². The van der Waals surface area contributed by atoms with Gasteiger partial charge in [0.25, 0.3) is 0 Å². The molecule has 1 heterocycles. The van der Waals surface area contributed by atoms with E-state index in [1.807, 2.05) is 49.3 Å². The monoisotopic (exact) mass is 549 g/mol. The second kappa shape index (κ2) is 11.2. The van der Waals surface area contributed by atoms with Crippen LogP contribution in [0.1, 0.15) is 38.7 Å². The summed E-state index contributed by atoms with van der Waals surface area (Å²) in [4.78, 5) is 11.5. The second-order valence-corrected chi connectivity index (χ2v) is 9.76. The quantitative estimate of drug-likeness (QED) is 0.363. The van der Waals surface area contributed by atoms with Crippen molar-refractivity contribution in [2.75, 3.05) is 30.9 Å². The molecule has 2 N–H and O–H groups in total. The summed E-state index contributed by atoms with van der Waals surface area (Å²) in [6, 6.07) is 13.9. The molecular formula is C25H33FIN5. The van der Waals surface area contributed by atoms with Crippen molar-refractivity contribution in [3.05, 3.63) is 57.4 Å². The number of nitrogens with zero attached hydrogens (tertiary/aromatic N) is 3. The number of para-hydroxylation sites is 1. The Morgan fingerprint density at radius 2 is 1.81 bits per heavy atom. The van der Waals surface area contributed by atoms with Gasteiger partial charge in [-0.2, -0.15) is 4.98 Å². The number of hydrogen-bond donors (Lipinski definition) is 2. The Hall–Kier alpha value is -2.00. The van der Waals surface area contributed by atoms with E-state index < -0.39 is 0 Å². The van der Waals surface area contributed by atoms with Crippen molar-refractivity contribution in [3.8, 4) is 0 Å². The third kappa shape index (κ3) is 6.07. The molecule has 4 rings (SSSR count). The highest BCUT2D eigenvalue weighted by Gasteiger charge is 2.22. The minimum Gasteiger partial charge on any atom is -0.362 e. The van der Waals surface area contributed by atoms with Crippen LogP contribution in [0.4, 0.5) is 16.2 Å². The topological polar surface area (TPSA) is 53.1 Å². The van der Waals surface area contributed by atoms with Gasteiger partial charge in [-0.1, -0.05) is 25.6 Å². The molecule has 32 heavy (non-hydrogen) atoms. The van der Waals surface area contributed by atoms with Crippen LogP contribution < -0.4 is 15.5 Å². The number of nitrogens with one attached hydrogen (secondary N) is 2. The normalized spacial score (nSPS) is 18.2. The smallest absolute Gasteiger partial charge is 0.225 e. The van der Waals surface area contributed by atoms with Crippen LogP contribution in [0.3, 0.4) is 0 Å². The van der Waals surface area contributed by atoms with Crippen molar-refractivity contribution in [1.29, 1.82) is 0 Å². The van der Waals surface area contributed by atoms with E-state index in [1.165, 1.54) is 0 Å². The van der Waals surface area contributed by atoms with Gasteiger partial charge in [-0.25, -0.2) is 9.37 Å².